The zero-order valence-corrected chi connectivity index (χ0v) is 17.8. The molecular formula is C20H28FN3O5S. The molecule has 3 rings (SSSR count). The summed E-state index contributed by atoms with van der Waals surface area (Å²) < 4.78 is 43.0. The van der Waals surface area contributed by atoms with Crippen molar-refractivity contribution in [1.29, 1.82) is 0 Å². The third-order valence-electron chi connectivity index (χ3n) is 5.63. The number of nitrogens with one attached hydrogen (secondary N) is 2. The summed E-state index contributed by atoms with van der Waals surface area (Å²) in [5.41, 5.74) is 0.447. The van der Waals surface area contributed by atoms with Crippen LogP contribution in [-0.4, -0.2) is 56.2 Å². The summed E-state index contributed by atoms with van der Waals surface area (Å²) in [6.07, 6.45) is 4.17. The Balaban J connectivity index is 1.43. The van der Waals surface area contributed by atoms with E-state index in [1.165, 1.54) is 34.8 Å². The van der Waals surface area contributed by atoms with Gasteiger partial charge in [-0.2, -0.15) is 0 Å². The Kier molecular flexibility index (Phi) is 7.30. The maximum atomic E-state index is 12.9. The van der Waals surface area contributed by atoms with Gasteiger partial charge in [-0.05, 0) is 56.4 Å². The molecule has 0 radical (unpaired) electrons. The van der Waals surface area contributed by atoms with E-state index >= 15 is 0 Å². The third kappa shape index (κ3) is 6.40. The standard InChI is InChI=1S/C20H28FN3O5S/c1-30(27,28)24-11-9-14(10-12-24)19(25)22-17-3-2-4-18(13-17)29-20(26)23-16-7-5-15(21)6-8-16/h5-8,14,17-18H,2-4,9-13H2,1H3,(H,22,25)(H,23,26)/t17-,18-/m0/s1. The highest BCUT2D eigenvalue weighted by Gasteiger charge is 2.31. The third-order valence-corrected chi connectivity index (χ3v) is 6.93. The zero-order valence-electron chi connectivity index (χ0n) is 17.0. The van der Waals surface area contributed by atoms with Crippen molar-refractivity contribution in [1.82, 2.24) is 9.62 Å². The van der Waals surface area contributed by atoms with Crippen molar-refractivity contribution in [2.75, 3.05) is 24.7 Å². The van der Waals surface area contributed by atoms with Gasteiger partial charge in [0, 0.05) is 37.2 Å². The van der Waals surface area contributed by atoms with Gasteiger partial charge in [0.2, 0.25) is 15.9 Å². The van der Waals surface area contributed by atoms with Gasteiger partial charge in [0.05, 0.1) is 6.26 Å². The number of carbonyl (C=O) groups excluding carboxylic acids is 2. The number of benzene rings is 1. The van der Waals surface area contributed by atoms with Crippen molar-refractivity contribution in [2.45, 2.75) is 50.7 Å². The van der Waals surface area contributed by atoms with Crippen LogP contribution in [-0.2, 0) is 19.6 Å². The van der Waals surface area contributed by atoms with Gasteiger partial charge in [-0.3, -0.25) is 10.1 Å². The molecule has 10 heteroatoms. The van der Waals surface area contributed by atoms with Crippen LogP contribution >= 0.6 is 0 Å². The molecule has 2 atom stereocenters. The van der Waals surface area contributed by atoms with Gasteiger partial charge < -0.3 is 10.1 Å². The second-order valence-electron chi connectivity index (χ2n) is 7.97. The van der Waals surface area contributed by atoms with Crippen LogP contribution in [0.15, 0.2) is 24.3 Å². The van der Waals surface area contributed by atoms with Crippen LogP contribution in [0, 0.1) is 11.7 Å². The number of carbonyl (C=O) groups is 2. The molecule has 2 fully saturated rings. The summed E-state index contributed by atoms with van der Waals surface area (Å²) in [6.45, 7) is 0.716. The van der Waals surface area contributed by atoms with Crippen LogP contribution in [0.4, 0.5) is 14.9 Å². The van der Waals surface area contributed by atoms with E-state index in [4.69, 9.17) is 4.74 Å². The van der Waals surface area contributed by atoms with Crippen molar-refractivity contribution in [3.63, 3.8) is 0 Å². The van der Waals surface area contributed by atoms with Crippen LogP contribution in [0.25, 0.3) is 0 Å². The predicted molar refractivity (Wildman–Crippen MR) is 110 cm³/mol. The lowest BCUT2D eigenvalue weighted by Crippen LogP contribution is -2.47. The van der Waals surface area contributed by atoms with Gasteiger partial charge in [-0.1, -0.05) is 0 Å². The summed E-state index contributed by atoms with van der Waals surface area (Å²) in [5.74, 6) is -0.655. The second kappa shape index (κ2) is 9.74. The summed E-state index contributed by atoms with van der Waals surface area (Å²) >= 11 is 0. The van der Waals surface area contributed by atoms with E-state index in [1.54, 1.807) is 0 Å². The number of sulfonamides is 1. The molecule has 2 aliphatic rings. The lowest BCUT2D eigenvalue weighted by atomic mass is 9.91. The lowest BCUT2D eigenvalue weighted by Gasteiger charge is -2.33. The Hall–Kier alpha value is -2.20. The Morgan fingerprint density at radius 3 is 2.40 bits per heavy atom. The fourth-order valence-corrected chi connectivity index (χ4v) is 4.86. The van der Waals surface area contributed by atoms with E-state index in [0.29, 0.717) is 38.0 Å². The average Bonchev–Trinajstić information content (AvgIpc) is 2.69. The molecule has 1 saturated carbocycles. The van der Waals surface area contributed by atoms with E-state index < -0.39 is 16.1 Å². The van der Waals surface area contributed by atoms with Crippen molar-refractivity contribution in [3.8, 4) is 0 Å². The SMILES string of the molecule is CS(=O)(=O)N1CCC(C(=O)N[C@H]2CCC[C@H](OC(=O)Nc3ccc(F)cc3)C2)CC1. The summed E-state index contributed by atoms with van der Waals surface area (Å²) in [7, 11) is -3.22. The Morgan fingerprint density at radius 2 is 1.77 bits per heavy atom. The molecule has 30 heavy (non-hydrogen) atoms. The molecular weight excluding hydrogens is 413 g/mol. The minimum Gasteiger partial charge on any atom is -0.446 e. The summed E-state index contributed by atoms with van der Waals surface area (Å²) in [5, 5.41) is 5.61. The van der Waals surface area contributed by atoms with Crippen molar-refractivity contribution >= 4 is 27.7 Å². The van der Waals surface area contributed by atoms with Gasteiger partial charge >= 0.3 is 6.09 Å². The number of amides is 2. The predicted octanol–water partition coefficient (Wildman–Crippen LogP) is 2.47. The average molecular weight is 442 g/mol. The number of halogens is 1. The molecule has 1 aliphatic carbocycles. The first-order valence-electron chi connectivity index (χ1n) is 10.2. The van der Waals surface area contributed by atoms with Crippen molar-refractivity contribution < 1.29 is 27.1 Å². The lowest BCUT2D eigenvalue weighted by molar-refractivity contribution is -0.127. The molecule has 2 N–H and O–H groups in total. The maximum Gasteiger partial charge on any atom is 0.411 e. The smallest absolute Gasteiger partial charge is 0.411 e. The molecule has 1 heterocycles. The highest BCUT2D eigenvalue weighted by atomic mass is 32.2. The van der Waals surface area contributed by atoms with Gasteiger partial charge in [0.25, 0.3) is 0 Å². The van der Waals surface area contributed by atoms with Crippen LogP contribution < -0.4 is 10.6 Å². The molecule has 0 aromatic heterocycles. The number of anilines is 1. The summed E-state index contributed by atoms with van der Waals surface area (Å²) in [6, 6.07) is 5.33. The maximum absolute atomic E-state index is 12.9. The van der Waals surface area contributed by atoms with Crippen molar-refractivity contribution in [2.24, 2.45) is 5.92 Å². The quantitative estimate of drug-likeness (QED) is 0.730. The number of rotatable bonds is 5. The van der Waals surface area contributed by atoms with E-state index in [0.717, 1.165) is 19.3 Å². The molecule has 0 unspecified atom stereocenters. The zero-order chi connectivity index (χ0) is 21.7. The molecule has 2 amide bonds. The fraction of sp³-hybridized carbons (Fsp3) is 0.600. The monoisotopic (exact) mass is 441 g/mol. The van der Waals surface area contributed by atoms with E-state index in [1.807, 2.05) is 0 Å². The number of ether oxygens (including phenoxy) is 1. The normalized spacial score (nSPS) is 23.5. The number of piperidine rings is 1. The Morgan fingerprint density at radius 1 is 1.10 bits per heavy atom. The first-order valence-corrected chi connectivity index (χ1v) is 12.0. The van der Waals surface area contributed by atoms with E-state index in [-0.39, 0.29) is 29.8 Å². The minimum absolute atomic E-state index is 0.0652. The fourth-order valence-electron chi connectivity index (χ4n) is 3.98. The Labute approximate surface area is 176 Å². The number of nitrogens with zero attached hydrogens (tertiary/aromatic N) is 1. The first-order chi connectivity index (χ1) is 14.2. The molecule has 1 aromatic rings. The molecule has 1 aromatic carbocycles. The number of hydrogen-bond donors (Lipinski definition) is 2. The summed E-state index contributed by atoms with van der Waals surface area (Å²) in [4.78, 5) is 24.7. The van der Waals surface area contributed by atoms with Crippen LogP contribution in [0.3, 0.4) is 0 Å². The highest BCUT2D eigenvalue weighted by molar-refractivity contribution is 7.88. The molecule has 1 saturated heterocycles. The highest BCUT2D eigenvalue weighted by Crippen LogP contribution is 2.24. The van der Waals surface area contributed by atoms with Crippen LogP contribution in [0.2, 0.25) is 0 Å². The molecule has 1 aliphatic heterocycles. The topological polar surface area (TPSA) is 105 Å². The van der Waals surface area contributed by atoms with Gasteiger partial charge in [-0.25, -0.2) is 21.9 Å². The minimum atomic E-state index is -3.22. The van der Waals surface area contributed by atoms with E-state index in [2.05, 4.69) is 10.6 Å². The number of hydrogen-bond acceptors (Lipinski definition) is 5. The Bertz CT molecular complexity index is 854. The van der Waals surface area contributed by atoms with Gasteiger partial charge in [0.1, 0.15) is 11.9 Å². The van der Waals surface area contributed by atoms with Crippen LogP contribution in [0.5, 0.6) is 0 Å². The van der Waals surface area contributed by atoms with Gasteiger partial charge in [0.15, 0.2) is 0 Å². The molecule has 0 spiro atoms. The largest absolute Gasteiger partial charge is 0.446 e. The molecule has 8 nitrogen and oxygen atoms in total. The first kappa shape index (κ1) is 22.5. The second-order valence-corrected chi connectivity index (χ2v) is 9.95. The van der Waals surface area contributed by atoms with Crippen molar-refractivity contribution in [3.05, 3.63) is 30.1 Å². The molecule has 166 valence electrons. The van der Waals surface area contributed by atoms with Gasteiger partial charge in [-0.15, -0.1) is 0 Å². The van der Waals surface area contributed by atoms with Crippen LogP contribution in [0.1, 0.15) is 38.5 Å². The molecule has 0 bridgehead atoms. The van der Waals surface area contributed by atoms with E-state index in [9.17, 15) is 22.4 Å².